The van der Waals surface area contributed by atoms with Gasteiger partial charge in [-0.05, 0) is 49.0 Å². The molecule has 1 amide bonds. The van der Waals surface area contributed by atoms with Crippen molar-refractivity contribution in [2.75, 3.05) is 16.0 Å². The molecule has 5 heteroatoms. The van der Waals surface area contributed by atoms with E-state index in [2.05, 4.69) is 22.9 Å². The van der Waals surface area contributed by atoms with Gasteiger partial charge in [-0.1, -0.05) is 44.5 Å². The van der Waals surface area contributed by atoms with Crippen LogP contribution in [-0.4, -0.2) is 11.0 Å². The Balaban J connectivity index is 1.95. The highest BCUT2D eigenvalue weighted by Crippen LogP contribution is 2.17. The van der Waals surface area contributed by atoms with Crippen molar-refractivity contribution in [1.82, 2.24) is 0 Å². The minimum atomic E-state index is 0.00689. The summed E-state index contributed by atoms with van der Waals surface area (Å²) in [6.45, 7) is 4.02. The molecule has 2 aromatic carbocycles. The molecule has 3 N–H and O–H groups in total. The molecule has 0 aliphatic carbocycles. The first kappa shape index (κ1) is 17.9. The largest absolute Gasteiger partial charge is 0.332 e. The lowest BCUT2D eigenvalue weighted by atomic mass is 10.1. The molecule has 2 rings (SSSR count). The van der Waals surface area contributed by atoms with E-state index in [1.165, 1.54) is 0 Å². The van der Waals surface area contributed by atoms with Crippen molar-refractivity contribution >= 4 is 40.3 Å². The number of nitrogens with one attached hydrogen (secondary N) is 3. The number of anilines is 3. The Morgan fingerprint density at radius 2 is 1.54 bits per heavy atom. The van der Waals surface area contributed by atoms with Gasteiger partial charge in [0.05, 0.1) is 0 Å². The minimum absolute atomic E-state index is 0.00689. The Bertz CT molecular complexity index is 688. The van der Waals surface area contributed by atoms with Crippen LogP contribution in [0.5, 0.6) is 0 Å². The second-order valence-corrected chi connectivity index (χ2v) is 6.11. The standard InChI is InChI=1S/C19H23N3OS/c1-3-8-14(2)18(23)20-16-11-7-12-17(13-16)22-19(24)21-15-9-5-4-6-10-15/h4-7,9-14H,3,8H2,1-2H3,(H,20,23)(H2,21,22,24). The summed E-state index contributed by atoms with van der Waals surface area (Å²) in [6, 6.07) is 17.3. The Labute approximate surface area is 148 Å². The monoisotopic (exact) mass is 341 g/mol. The summed E-state index contributed by atoms with van der Waals surface area (Å²) in [5, 5.41) is 9.70. The van der Waals surface area contributed by atoms with Crippen LogP contribution < -0.4 is 16.0 Å². The zero-order valence-corrected chi connectivity index (χ0v) is 14.8. The minimum Gasteiger partial charge on any atom is -0.332 e. The lowest BCUT2D eigenvalue weighted by Gasteiger charge is -2.14. The van der Waals surface area contributed by atoms with Crippen LogP contribution in [0.2, 0.25) is 0 Å². The molecule has 0 aliphatic heterocycles. The number of carbonyl (C=O) groups is 1. The highest BCUT2D eigenvalue weighted by molar-refractivity contribution is 7.80. The van der Waals surface area contributed by atoms with E-state index in [-0.39, 0.29) is 11.8 Å². The van der Waals surface area contributed by atoms with Gasteiger partial charge >= 0.3 is 0 Å². The molecule has 0 aliphatic rings. The third kappa shape index (κ3) is 5.66. The van der Waals surface area contributed by atoms with Crippen LogP contribution in [0.15, 0.2) is 54.6 Å². The molecular weight excluding hydrogens is 318 g/mol. The van der Waals surface area contributed by atoms with Gasteiger partial charge in [0.15, 0.2) is 5.11 Å². The maximum atomic E-state index is 12.1. The maximum Gasteiger partial charge on any atom is 0.227 e. The topological polar surface area (TPSA) is 53.2 Å². The second kappa shape index (κ2) is 9.03. The van der Waals surface area contributed by atoms with Gasteiger partial charge in [0.1, 0.15) is 0 Å². The number of thiocarbonyl (C=S) groups is 1. The molecule has 2 aromatic rings. The van der Waals surface area contributed by atoms with E-state index in [9.17, 15) is 4.79 Å². The van der Waals surface area contributed by atoms with Crippen LogP contribution in [0.3, 0.4) is 0 Å². The van der Waals surface area contributed by atoms with Crippen LogP contribution in [0.1, 0.15) is 26.7 Å². The van der Waals surface area contributed by atoms with Gasteiger partial charge in [-0.2, -0.15) is 0 Å². The third-order valence-corrected chi connectivity index (χ3v) is 3.79. The number of benzene rings is 2. The van der Waals surface area contributed by atoms with Gasteiger partial charge in [-0.25, -0.2) is 0 Å². The van der Waals surface area contributed by atoms with Crippen molar-refractivity contribution in [2.24, 2.45) is 5.92 Å². The summed E-state index contributed by atoms with van der Waals surface area (Å²) in [7, 11) is 0. The summed E-state index contributed by atoms with van der Waals surface area (Å²) in [6.07, 6.45) is 1.88. The Morgan fingerprint density at radius 1 is 0.958 bits per heavy atom. The Hall–Kier alpha value is -2.40. The average molecular weight is 341 g/mol. The van der Waals surface area contributed by atoms with Crippen LogP contribution in [0, 0.1) is 5.92 Å². The van der Waals surface area contributed by atoms with E-state index < -0.39 is 0 Å². The van der Waals surface area contributed by atoms with E-state index in [4.69, 9.17) is 12.2 Å². The molecular formula is C19H23N3OS. The van der Waals surface area contributed by atoms with Crippen molar-refractivity contribution in [3.05, 3.63) is 54.6 Å². The summed E-state index contributed by atoms with van der Waals surface area (Å²) in [5.74, 6) is 0.0476. The fourth-order valence-electron chi connectivity index (χ4n) is 2.32. The smallest absolute Gasteiger partial charge is 0.227 e. The normalized spacial score (nSPS) is 11.4. The molecule has 0 aromatic heterocycles. The first-order valence-corrected chi connectivity index (χ1v) is 8.53. The van der Waals surface area contributed by atoms with Gasteiger partial charge in [0.25, 0.3) is 0 Å². The lowest BCUT2D eigenvalue weighted by molar-refractivity contribution is -0.119. The number of hydrogen-bond acceptors (Lipinski definition) is 2. The zero-order valence-electron chi connectivity index (χ0n) is 14.0. The van der Waals surface area contributed by atoms with Gasteiger partial charge in [0, 0.05) is 23.0 Å². The summed E-state index contributed by atoms with van der Waals surface area (Å²) in [4.78, 5) is 12.1. The highest BCUT2D eigenvalue weighted by atomic mass is 32.1. The first-order valence-electron chi connectivity index (χ1n) is 8.12. The van der Waals surface area contributed by atoms with Crippen LogP contribution >= 0.6 is 12.2 Å². The molecule has 0 saturated carbocycles. The predicted octanol–water partition coefficient (Wildman–Crippen LogP) is 4.87. The van der Waals surface area contributed by atoms with Gasteiger partial charge < -0.3 is 16.0 Å². The van der Waals surface area contributed by atoms with Crippen molar-refractivity contribution < 1.29 is 4.79 Å². The number of para-hydroxylation sites is 1. The van der Waals surface area contributed by atoms with Crippen LogP contribution in [-0.2, 0) is 4.79 Å². The molecule has 0 heterocycles. The third-order valence-electron chi connectivity index (χ3n) is 3.59. The highest BCUT2D eigenvalue weighted by Gasteiger charge is 2.12. The molecule has 4 nitrogen and oxygen atoms in total. The maximum absolute atomic E-state index is 12.1. The fourth-order valence-corrected chi connectivity index (χ4v) is 2.55. The zero-order chi connectivity index (χ0) is 17.4. The van der Waals surface area contributed by atoms with E-state index >= 15 is 0 Å². The first-order chi connectivity index (χ1) is 11.6. The number of rotatable bonds is 6. The molecule has 0 spiro atoms. The fraction of sp³-hybridized carbons (Fsp3) is 0.263. The molecule has 0 radical (unpaired) electrons. The van der Waals surface area contributed by atoms with Gasteiger partial charge in [-0.15, -0.1) is 0 Å². The molecule has 24 heavy (non-hydrogen) atoms. The number of hydrogen-bond donors (Lipinski definition) is 3. The summed E-state index contributed by atoms with van der Waals surface area (Å²) < 4.78 is 0. The van der Waals surface area contributed by atoms with Crippen LogP contribution in [0.25, 0.3) is 0 Å². The van der Waals surface area contributed by atoms with E-state index in [0.29, 0.717) is 5.11 Å². The van der Waals surface area contributed by atoms with Crippen molar-refractivity contribution in [1.29, 1.82) is 0 Å². The van der Waals surface area contributed by atoms with Crippen LogP contribution in [0.4, 0.5) is 17.1 Å². The molecule has 0 bridgehead atoms. The molecule has 0 saturated heterocycles. The Kier molecular flexibility index (Phi) is 6.75. The van der Waals surface area contributed by atoms with Crippen molar-refractivity contribution in [3.63, 3.8) is 0 Å². The second-order valence-electron chi connectivity index (χ2n) is 5.70. The summed E-state index contributed by atoms with van der Waals surface area (Å²) >= 11 is 5.32. The van der Waals surface area contributed by atoms with E-state index in [0.717, 1.165) is 29.9 Å². The van der Waals surface area contributed by atoms with E-state index in [1.54, 1.807) is 0 Å². The number of amides is 1. The van der Waals surface area contributed by atoms with Gasteiger partial charge in [-0.3, -0.25) is 4.79 Å². The van der Waals surface area contributed by atoms with E-state index in [1.807, 2.05) is 61.5 Å². The van der Waals surface area contributed by atoms with Crippen molar-refractivity contribution in [2.45, 2.75) is 26.7 Å². The molecule has 1 unspecified atom stereocenters. The average Bonchev–Trinajstić information content (AvgIpc) is 2.56. The predicted molar refractivity (Wildman–Crippen MR) is 105 cm³/mol. The lowest BCUT2D eigenvalue weighted by Crippen LogP contribution is -2.21. The SMILES string of the molecule is CCCC(C)C(=O)Nc1cccc(NC(=S)Nc2ccccc2)c1. The van der Waals surface area contributed by atoms with Gasteiger partial charge in [0.2, 0.25) is 5.91 Å². The Morgan fingerprint density at radius 3 is 2.21 bits per heavy atom. The number of carbonyl (C=O) groups excluding carboxylic acids is 1. The molecule has 0 fully saturated rings. The van der Waals surface area contributed by atoms with Crippen molar-refractivity contribution in [3.8, 4) is 0 Å². The summed E-state index contributed by atoms with van der Waals surface area (Å²) in [5.41, 5.74) is 2.51. The molecule has 1 atom stereocenters. The quantitative estimate of drug-likeness (QED) is 0.656. The molecule has 126 valence electrons.